The molecule has 1 aliphatic rings. The molecule has 2 aromatic rings. The van der Waals surface area contributed by atoms with E-state index >= 15 is 0 Å². The molecule has 0 unspecified atom stereocenters. The molecule has 0 bridgehead atoms. The van der Waals surface area contributed by atoms with Crippen LogP contribution in [0.2, 0.25) is 0 Å². The second kappa shape index (κ2) is 6.33. The zero-order valence-corrected chi connectivity index (χ0v) is 12.7. The van der Waals surface area contributed by atoms with Crippen LogP contribution in [0, 0.1) is 0 Å². The number of rotatable bonds is 4. The summed E-state index contributed by atoms with van der Waals surface area (Å²) < 4.78 is 0. The fourth-order valence-corrected chi connectivity index (χ4v) is 3.47. The van der Waals surface area contributed by atoms with Crippen molar-refractivity contribution in [2.75, 3.05) is 6.54 Å². The van der Waals surface area contributed by atoms with Crippen molar-refractivity contribution in [2.24, 2.45) is 0 Å². The topological polar surface area (TPSA) is 44.9 Å². The summed E-state index contributed by atoms with van der Waals surface area (Å²) in [6.45, 7) is 2.27. The highest BCUT2D eigenvalue weighted by Crippen LogP contribution is 2.34. The van der Waals surface area contributed by atoms with E-state index in [1.807, 2.05) is 0 Å². The molecule has 3 nitrogen and oxygen atoms in total. The van der Waals surface area contributed by atoms with Gasteiger partial charge in [0.25, 0.3) is 0 Å². The maximum Gasteiger partial charge on any atom is 0.216 e. The molecular weight excluding hydrogens is 260 g/mol. The van der Waals surface area contributed by atoms with Gasteiger partial charge in [-0.3, -0.25) is 4.79 Å². The molecule has 0 radical (unpaired) electrons. The zero-order chi connectivity index (χ0) is 14.7. The third-order valence-electron chi connectivity index (χ3n) is 4.64. The summed E-state index contributed by atoms with van der Waals surface area (Å²) in [4.78, 5) is 14.3. The Balaban J connectivity index is 1.79. The molecule has 3 heteroatoms. The van der Waals surface area contributed by atoms with Gasteiger partial charge in [-0.2, -0.15) is 0 Å². The highest BCUT2D eigenvalue weighted by molar-refractivity contribution is 5.84. The highest BCUT2D eigenvalue weighted by atomic mass is 16.1. The summed E-state index contributed by atoms with van der Waals surface area (Å²) >= 11 is 0. The Bertz CT molecular complexity index is 623. The number of nitrogens with one attached hydrogen (secondary N) is 2. The van der Waals surface area contributed by atoms with Crippen LogP contribution in [0.25, 0.3) is 10.9 Å². The monoisotopic (exact) mass is 284 g/mol. The largest absolute Gasteiger partial charge is 0.361 e. The number of fused-ring (bicyclic) bond motifs is 1. The van der Waals surface area contributed by atoms with Crippen molar-refractivity contribution < 1.29 is 4.79 Å². The second-order valence-electron chi connectivity index (χ2n) is 6.19. The molecule has 0 atom stereocenters. The lowest BCUT2D eigenvalue weighted by molar-refractivity contribution is -0.118. The van der Waals surface area contributed by atoms with Crippen molar-refractivity contribution in [1.29, 1.82) is 0 Å². The van der Waals surface area contributed by atoms with Crippen molar-refractivity contribution in [3.8, 4) is 0 Å². The lowest BCUT2D eigenvalue weighted by Crippen LogP contribution is -2.22. The normalized spacial score (nSPS) is 16.2. The van der Waals surface area contributed by atoms with Gasteiger partial charge in [-0.15, -0.1) is 0 Å². The molecule has 1 heterocycles. The molecule has 1 aromatic heterocycles. The predicted octanol–water partition coefficient (Wildman–Crippen LogP) is 3.89. The molecular formula is C18H24N2O. The first kappa shape index (κ1) is 14.2. The zero-order valence-electron chi connectivity index (χ0n) is 12.7. The van der Waals surface area contributed by atoms with Crippen LogP contribution in [-0.4, -0.2) is 17.4 Å². The molecule has 1 aromatic carbocycles. The van der Waals surface area contributed by atoms with Gasteiger partial charge in [-0.05, 0) is 48.4 Å². The fourth-order valence-electron chi connectivity index (χ4n) is 3.47. The number of amides is 1. The maximum absolute atomic E-state index is 11.0. The van der Waals surface area contributed by atoms with Crippen LogP contribution in [0.5, 0.6) is 0 Å². The van der Waals surface area contributed by atoms with Gasteiger partial charge in [0, 0.05) is 30.6 Å². The van der Waals surface area contributed by atoms with Crippen LogP contribution >= 0.6 is 0 Å². The summed E-state index contributed by atoms with van der Waals surface area (Å²) in [7, 11) is 0. The second-order valence-corrected chi connectivity index (χ2v) is 6.19. The van der Waals surface area contributed by atoms with E-state index in [-0.39, 0.29) is 5.91 Å². The van der Waals surface area contributed by atoms with Gasteiger partial charge in [0.1, 0.15) is 0 Å². The SMILES string of the molecule is CC(=O)NCCc1c[nH]c2ccc(C3CCCCC3)cc12. The number of benzene rings is 1. The summed E-state index contributed by atoms with van der Waals surface area (Å²) in [5.41, 5.74) is 3.99. The number of hydrogen-bond acceptors (Lipinski definition) is 1. The Morgan fingerprint density at radius 3 is 2.86 bits per heavy atom. The van der Waals surface area contributed by atoms with Crippen LogP contribution in [0.1, 0.15) is 56.1 Å². The van der Waals surface area contributed by atoms with Crippen LogP contribution in [-0.2, 0) is 11.2 Å². The molecule has 112 valence electrons. The van der Waals surface area contributed by atoms with E-state index < -0.39 is 0 Å². The lowest BCUT2D eigenvalue weighted by atomic mass is 9.83. The van der Waals surface area contributed by atoms with Crippen molar-refractivity contribution in [3.63, 3.8) is 0 Å². The average molecular weight is 284 g/mol. The van der Waals surface area contributed by atoms with Gasteiger partial charge < -0.3 is 10.3 Å². The van der Waals surface area contributed by atoms with E-state index in [4.69, 9.17) is 0 Å². The highest BCUT2D eigenvalue weighted by Gasteiger charge is 2.16. The Hall–Kier alpha value is -1.77. The predicted molar refractivity (Wildman–Crippen MR) is 86.5 cm³/mol. The van der Waals surface area contributed by atoms with Crippen LogP contribution in [0.4, 0.5) is 0 Å². The third kappa shape index (κ3) is 3.29. The number of carbonyl (C=O) groups is 1. The van der Waals surface area contributed by atoms with E-state index in [0.29, 0.717) is 6.54 Å². The van der Waals surface area contributed by atoms with Gasteiger partial charge >= 0.3 is 0 Å². The first-order valence-corrected chi connectivity index (χ1v) is 8.08. The minimum absolute atomic E-state index is 0.0396. The van der Waals surface area contributed by atoms with Crippen molar-refractivity contribution in [1.82, 2.24) is 10.3 Å². The molecule has 0 saturated heterocycles. The Labute approximate surface area is 126 Å². The Kier molecular flexibility index (Phi) is 4.28. The Morgan fingerprint density at radius 1 is 1.29 bits per heavy atom. The Morgan fingerprint density at radius 2 is 2.10 bits per heavy atom. The third-order valence-corrected chi connectivity index (χ3v) is 4.64. The molecule has 21 heavy (non-hydrogen) atoms. The summed E-state index contributed by atoms with van der Waals surface area (Å²) in [6, 6.07) is 6.86. The molecule has 2 N–H and O–H groups in total. The van der Waals surface area contributed by atoms with Crippen molar-refractivity contribution in [2.45, 2.75) is 51.4 Å². The van der Waals surface area contributed by atoms with Crippen molar-refractivity contribution >= 4 is 16.8 Å². The van der Waals surface area contributed by atoms with Gasteiger partial charge in [0.2, 0.25) is 5.91 Å². The van der Waals surface area contributed by atoms with Crippen molar-refractivity contribution in [3.05, 3.63) is 35.5 Å². The molecule has 1 fully saturated rings. The molecule has 1 aliphatic carbocycles. The van der Waals surface area contributed by atoms with Gasteiger partial charge in [0.15, 0.2) is 0 Å². The smallest absolute Gasteiger partial charge is 0.216 e. The maximum atomic E-state index is 11.0. The minimum Gasteiger partial charge on any atom is -0.361 e. The molecule has 3 rings (SSSR count). The van der Waals surface area contributed by atoms with E-state index in [9.17, 15) is 4.79 Å². The lowest BCUT2D eigenvalue weighted by Gasteiger charge is -2.22. The average Bonchev–Trinajstić information content (AvgIpc) is 2.90. The summed E-state index contributed by atoms with van der Waals surface area (Å²) in [6.07, 6.45) is 9.75. The molecule has 1 saturated carbocycles. The minimum atomic E-state index is 0.0396. The fraction of sp³-hybridized carbons (Fsp3) is 0.500. The van der Waals surface area contributed by atoms with Crippen LogP contribution in [0.3, 0.4) is 0 Å². The van der Waals surface area contributed by atoms with Gasteiger partial charge in [-0.1, -0.05) is 25.3 Å². The van der Waals surface area contributed by atoms with Gasteiger partial charge in [-0.25, -0.2) is 0 Å². The number of H-pyrrole nitrogens is 1. The first-order valence-electron chi connectivity index (χ1n) is 8.08. The quantitative estimate of drug-likeness (QED) is 0.879. The number of hydrogen-bond donors (Lipinski definition) is 2. The number of aromatic amines is 1. The summed E-state index contributed by atoms with van der Waals surface area (Å²) in [5.74, 6) is 0.777. The number of carbonyl (C=O) groups excluding carboxylic acids is 1. The standard InChI is InChI=1S/C18H24N2O/c1-13(21)19-10-9-16-12-20-18-8-7-15(11-17(16)18)14-5-3-2-4-6-14/h7-8,11-12,14,20H,2-6,9-10H2,1H3,(H,19,21). The van der Waals surface area contributed by atoms with Crippen LogP contribution < -0.4 is 5.32 Å². The van der Waals surface area contributed by atoms with E-state index in [2.05, 4.69) is 34.7 Å². The molecule has 0 aliphatic heterocycles. The van der Waals surface area contributed by atoms with E-state index in [1.165, 1.54) is 54.1 Å². The first-order chi connectivity index (χ1) is 10.2. The molecule has 0 spiro atoms. The van der Waals surface area contributed by atoms with Crippen LogP contribution in [0.15, 0.2) is 24.4 Å². The van der Waals surface area contributed by atoms with E-state index in [1.54, 1.807) is 6.92 Å². The summed E-state index contributed by atoms with van der Waals surface area (Å²) in [5, 5.41) is 4.20. The molecule has 1 amide bonds. The van der Waals surface area contributed by atoms with Gasteiger partial charge in [0.05, 0.1) is 0 Å². The van der Waals surface area contributed by atoms with E-state index in [0.717, 1.165) is 12.3 Å². The number of aromatic nitrogens is 1.